The van der Waals surface area contributed by atoms with E-state index >= 15 is 0 Å². The molecule has 1 unspecified atom stereocenters. The molecular weight excluding hydrogens is 190 g/mol. The third-order valence-electron chi connectivity index (χ3n) is 2.19. The molecule has 1 atom stereocenters. The van der Waals surface area contributed by atoms with E-state index in [1.165, 1.54) is 12.1 Å². The van der Waals surface area contributed by atoms with Crippen LogP contribution in [0, 0.1) is 0 Å². The zero-order valence-electron chi connectivity index (χ0n) is 9.12. The summed E-state index contributed by atoms with van der Waals surface area (Å²) in [6.07, 6.45) is 0. The standard InChI is InChI=1S/C12H17NO2/c1-8(2)7-13-9(3)11-6-10(14)4-5-12(11)15/h4-6,9,13-15H,1,7H2,2-3H3. The monoisotopic (exact) mass is 207 g/mol. The lowest BCUT2D eigenvalue weighted by atomic mass is 10.1. The fourth-order valence-electron chi connectivity index (χ4n) is 1.33. The number of benzene rings is 1. The van der Waals surface area contributed by atoms with Gasteiger partial charge >= 0.3 is 0 Å². The number of aromatic hydroxyl groups is 2. The number of hydrogen-bond donors (Lipinski definition) is 3. The predicted molar refractivity (Wildman–Crippen MR) is 61.0 cm³/mol. The van der Waals surface area contributed by atoms with Crippen molar-refractivity contribution in [3.05, 3.63) is 35.9 Å². The molecule has 0 bridgehead atoms. The van der Waals surface area contributed by atoms with Crippen LogP contribution in [0.15, 0.2) is 30.4 Å². The molecule has 3 nitrogen and oxygen atoms in total. The molecule has 1 aromatic rings. The second-order valence-electron chi connectivity index (χ2n) is 3.80. The van der Waals surface area contributed by atoms with Gasteiger partial charge < -0.3 is 15.5 Å². The highest BCUT2D eigenvalue weighted by Gasteiger charge is 2.10. The summed E-state index contributed by atoms with van der Waals surface area (Å²) in [6, 6.07) is 4.49. The third-order valence-corrected chi connectivity index (χ3v) is 2.19. The van der Waals surface area contributed by atoms with Crippen molar-refractivity contribution in [1.82, 2.24) is 5.32 Å². The Kier molecular flexibility index (Phi) is 3.74. The van der Waals surface area contributed by atoms with Gasteiger partial charge in [0.1, 0.15) is 11.5 Å². The number of phenols is 2. The van der Waals surface area contributed by atoms with E-state index in [9.17, 15) is 10.2 Å². The average molecular weight is 207 g/mol. The molecular formula is C12H17NO2. The van der Waals surface area contributed by atoms with Crippen LogP contribution in [0.5, 0.6) is 11.5 Å². The van der Waals surface area contributed by atoms with Gasteiger partial charge in [0, 0.05) is 18.2 Å². The van der Waals surface area contributed by atoms with E-state index in [4.69, 9.17) is 0 Å². The Bertz CT molecular complexity index is 361. The summed E-state index contributed by atoms with van der Waals surface area (Å²) in [6.45, 7) is 8.34. The number of rotatable bonds is 4. The van der Waals surface area contributed by atoms with Crippen LogP contribution in [0.2, 0.25) is 0 Å². The highest BCUT2D eigenvalue weighted by atomic mass is 16.3. The first-order valence-corrected chi connectivity index (χ1v) is 4.90. The Morgan fingerprint density at radius 1 is 1.47 bits per heavy atom. The van der Waals surface area contributed by atoms with Crippen LogP contribution in [-0.2, 0) is 0 Å². The van der Waals surface area contributed by atoms with E-state index < -0.39 is 0 Å². The van der Waals surface area contributed by atoms with E-state index in [1.54, 1.807) is 6.07 Å². The first-order valence-electron chi connectivity index (χ1n) is 4.90. The summed E-state index contributed by atoms with van der Waals surface area (Å²) in [4.78, 5) is 0. The van der Waals surface area contributed by atoms with Gasteiger partial charge in [0.25, 0.3) is 0 Å². The molecule has 0 saturated carbocycles. The molecule has 82 valence electrons. The summed E-state index contributed by atoms with van der Waals surface area (Å²) in [7, 11) is 0. The van der Waals surface area contributed by atoms with Crippen molar-refractivity contribution in [2.24, 2.45) is 0 Å². The van der Waals surface area contributed by atoms with E-state index in [0.29, 0.717) is 12.1 Å². The van der Waals surface area contributed by atoms with E-state index in [0.717, 1.165) is 5.57 Å². The molecule has 0 fully saturated rings. The van der Waals surface area contributed by atoms with Crippen LogP contribution in [0.1, 0.15) is 25.5 Å². The fraction of sp³-hybridized carbons (Fsp3) is 0.333. The molecule has 0 saturated heterocycles. The van der Waals surface area contributed by atoms with Crippen molar-refractivity contribution < 1.29 is 10.2 Å². The van der Waals surface area contributed by atoms with Gasteiger partial charge in [0.15, 0.2) is 0 Å². The van der Waals surface area contributed by atoms with Crippen molar-refractivity contribution in [1.29, 1.82) is 0 Å². The predicted octanol–water partition coefficient (Wildman–Crippen LogP) is 2.32. The smallest absolute Gasteiger partial charge is 0.120 e. The lowest BCUT2D eigenvalue weighted by Gasteiger charge is -2.15. The Morgan fingerprint density at radius 3 is 2.73 bits per heavy atom. The van der Waals surface area contributed by atoms with E-state index in [-0.39, 0.29) is 17.5 Å². The van der Waals surface area contributed by atoms with Gasteiger partial charge in [-0.25, -0.2) is 0 Å². The summed E-state index contributed by atoms with van der Waals surface area (Å²) in [5.74, 6) is 0.348. The molecule has 0 amide bonds. The molecule has 3 heteroatoms. The highest BCUT2D eigenvalue weighted by Crippen LogP contribution is 2.27. The first kappa shape index (κ1) is 11.6. The van der Waals surface area contributed by atoms with Crippen LogP contribution in [-0.4, -0.2) is 16.8 Å². The van der Waals surface area contributed by atoms with Crippen LogP contribution in [0.4, 0.5) is 0 Å². The summed E-state index contributed by atoms with van der Waals surface area (Å²) in [5.41, 5.74) is 1.72. The highest BCUT2D eigenvalue weighted by molar-refractivity contribution is 5.40. The summed E-state index contributed by atoms with van der Waals surface area (Å²) < 4.78 is 0. The van der Waals surface area contributed by atoms with E-state index in [1.807, 2.05) is 13.8 Å². The first-order chi connectivity index (χ1) is 7.00. The van der Waals surface area contributed by atoms with Crippen molar-refractivity contribution in [3.8, 4) is 11.5 Å². The fourth-order valence-corrected chi connectivity index (χ4v) is 1.33. The second kappa shape index (κ2) is 4.84. The number of hydrogen-bond acceptors (Lipinski definition) is 3. The molecule has 0 aliphatic rings. The Hall–Kier alpha value is -1.48. The molecule has 0 spiro atoms. The van der Waals surface area contributed by atoms with Crippen molar-refractivity contribution in [2.75, 3.05) is 6.54 Å². The Balaban J connectivity index is 2.76. The molecule has 0 aliphatic heterocycles. The van der Waals surface area contributed by atoms with Gasteiger partial charge in [-0.15, -0.1) is 0 Å². The van der Waals surface area contributed by atoms with E-state index in [2.05, 4.69) is 11.9 Å². The minimum Gasteiger partial charge on any atom is -0.508 e. The molecule has 0 radical (unpaired) electrons. The summed E-state index contributed by atoms with van der Waals surface area (Å²) >= 11 is 0. The van der Waals surface area contributed by atoms with Gasteiger partial charge in [0.05, 0.1) is 0 Å². The average Bonchev–Trinajstić information content (AvgIpc) is 2.18. The quantitative estimate of drug-likeness (QED) is 0.524. The van der Waals surface area contributed by atoms with Crippen LogP contribution in [0.25, 0.3) is 0 Å². The second-order valence-corrected chi connectivity index (χ2v) is 3.80. The lowest BCUT2D eigenvalue weighted by molar-refractivity contribution is 0.443. The molecule has 3 N–H and O–H groups in total. The molecule has 0 aromatic heterocycles. The maximum atomic E-state index is 9.60. The normalized spacial score (nSPS) is 12.4. The zero-order valence-corrected chi connectivity index (χ0v) is 9.12. The van der Waals surface area contributed by atoms with Gasteiger partial charge in [-0.2, -0.15) is 0 Å². The number of phenolic OH excluding ortho intramolecular Hbond substituents is 2. The maximum Gasteiger partial charge on any atom is 0.120 e. The molecule has 1 rings (SSSR count). The molecule has 0 aliphatic carbocycles. The van der Waals surface area contributed by atoms with Crippen LogP contribution in [0.3, 0.4) is 0 Å². The zero-order chi connectivity index (χ0) is 11.4. The molecule has 1 aromatic carbocycles. The minimum atomic E-state index is -0.0196. The maximum absolute atomic E-state index is 9.60. The Morgan fingerprint density at radius 2 is 2.13 bits per heavy atom. The lowest BCUT2D eigenvalue weighted by Crippen LogP contribution is -2.20. The summed E-state index contributed by atoms with van der Waals surface area (Å²) in [5, 5.41) is 22.1. The SMILES string of the molecule is C=C(C)CNC(C)c1cc(O)ccc1O. The van der Waals surface area contributed by atoms with Crippen LogP contribution < -0.4 is 5.32 Å². The topological polar surface area (TPSA) is 52.5 Å². The van der Waals surface area contributed by atoms with Gasteiger partial charge in [-0.05, 0) is 32.0 Å². The van der Waals surface area contributed by atoms with Gasteiger partial charge in [-0.1, -0.05) is 12.2 Å². The minimum absolute atomic E-state index is 0.0196. The van der Waals surface area contributed by atoms with Gasteiger partial charge in [-0.3, -0.25) is 0 Å². The van der Waals surface area contributed by atoms with Gasteiger partial charge in [0.2, 0.25) is 0 Å². The molecule has 15 heavy (non-hydrogen) atoms. The molecule has 0 heterocycles. The van der Waals surface area contributed by atoms with Crippen molar-refractivity contribution in [2.45, 2.75) is 19.9 Å². The Labute approximate surface area is 90.1 Å². The largest absolute Gasteiger partial charge is 0.508 e. The van der Waals surface area contributed by atoms with Crippen molar-refractivity contribution in [3.63, 3.8) is 0 Å². The van der Waals surface area contributed by atoms with Crippen LogP contribution >= 0.6 is 0 Å². The van der Waals surface area contributed by atoms with Crippen molar-refractivity contribution >= 4 is 0 Å². The third kappa shape index (κ3) is 3.29. The number of nitrogens with one attached hydrogen (secondary N) is 1.